The van der Waals surface area contributed by atoms with Gasteiger partial charge in [0.2, 0.25) is 0 Å². The van der Waals surface area contributed by atoms with Crippen molar-refractivity contribution in [1.29, 1.82) is 0 Å². The molecule has 0 aliphatic rings. The van der Waals surface area contributed by atoms with Crippen LogP contribution in [0.1, 0.15) is 15.9 Å². The molecular formula is C24H19F3N4O3. The lowest BCUT2D eigenvalue weighted by atomic mass is 10.1. The first-order chi connectivity index (χ1) is 16.3. The van der Waals surface area contributed by atoms with Crippen molar-refractivity contribution < 1.29 is 27.4 Å². The van der Waals surface area contributed by atoms with Crippen molar-refractivity contribution in [3.05, 3.63) is 83.9 Å². The fourth-order valence-corrected chi connectivity index (χ4v) is 3.24. The topological polar surface area (TPSA) is 78.3 Å². The number of hydrogen-bond acceptors (Lipinski definition) is 5. The van der Waals surface area contributed by atoms with Crippen LogP contribution in [0.15, 0.2) is 72.8 Å². The predicted octanol–water partition coefficient (Wildman–Crippen LogP) is 5.22. The Morgan fingerprint density at radius 3 is 2.35 bits per heavy atom. The Hall–Kier alpha value is -4.34. The number of hydrogen-bond donors (Lipinski definition) is 1. The van der Waals surface area contributed by atoms with Gasteiger partial charge in [-0.2, -0.15) is 18.2 Å². The molecule has 4 aromatic rings. The molecule has 0 unspecified atom stereocenters. The summed E-state index contributed by atoms with van der Waals surface area (Å²) in [6.45, 7) is 0. The summed E-state index contributed by atoms with van der Waals surface area (Å²) in [5.41, 5.74) is 1.01. The summed E-state index contributed by atoms with van der Waals surface area (Å²) in [7, 11) is 3.02. The molecule has 1 amide bonds. The normalized spacial score (nSPS) is 11.2. The Morgan fingerprint density at radius 1 is 0.941 bits per heavy atom. The minimum Gasteiger partial charge on any atom is -0.497 e. The molecule has 0 radical (unpaired) electrons. The SMILES string of the molecule is COc1cccc(-c2nc(OC)nn2-c2cccc(NC(=O)c3ccc(C(F)(F)F)cc3)c2)c1. The average molecular weight is 468 g/mol. The van der Waals surface area contributed by atoms with E-state index in [1.54, 1.807) is 48.2 Å². The molecular weight excluding hydrogens is 449 g/mol. The highest BCUT2D eigenvalue weighted by atomic mass is 19.4. The maximum absolute atomic E-state index is 12.8. The van der Waals surface area contributed by atoms with Gasteiger partial charge in [0, 0.05) is 16.8 Å². The van der Waals surface area contributed by atoms with E-state index in [9.17, 15) is 18.0 Å². The van der Waals surface area contributed by atoms with Crippen LogP contribution in [-0.4, -0.2) is 34.9 Å². The summed E-state index contributed by atoms with van der Waals surface area (Å²) in [6.07, 6.45) is -4.47. The molecule has 3 aromatic carbocycles. The van der Waals surface area contributed by atoms with Crippen LogP contribution in [0, 0.1) is 0 Å². The van der Waals surface area contributed by atoms with Crippen LogP contribution in [0.4, 0.5) is 18.9 Å². The van der Waals surface area contributed by atoms with Crippen LogP contribution in [0.5, 0.6) is 11.8 Å². The van der Waals surface area contributed by atoms with E-state index in [2.05, 4.69) is 15.4 Å². The van der Waals surface area contributed by atoms with Crippen molar-refractivity contribution >= 4 is 11.6 Å². The fraction of sp³-hybridized carbons (Fsp3) is 0.125. The van der Waals surface area contributed by atoms with Gasteiger partial charge in [0.15, 0.2) is 5.82 Å². The molecule has 0 saturated carbocycles. The van der Waals surface area contributed by atoms with E-state index in [4.69, 9.17) is 9.47 Å². The van der Waals surface area contributed by atoms with E-state index in [-0.39, 0.29) is 11.6 Å². The number of ether oxygens (including phenoxy) is 2. The summed E-state index contributed by atoms with van der Waals surface area (Å²) >= 11 is 0. The van der Waals surface area contributed by atoms with Gasteiger partial charge in [0.25, 0.3) is 5.91 Å². The summed E-state index contributed by atoms with van der Waals surface area (Å²) in [5, 5.41) is 7.06. The highest BCUT2D eigenvalue weighted by molar-refractivity contribution is 6.04. The van der Waals surface area contributed by atoms with E-state index >= 15 is 0 Å². The first-order valence-electron chi connectivity index (χ1n) is 10.0. The van der Waals surface area contributed by atoms with Crippen LogP contribution in [0.25, 0.3) is 17.1 Å². The first kappa shape index (κ1) is 22.8. The number of anilines is 1. The van der Waals surface area contributed by atoms with Crippen LogP contribution < -0.4 is 14.8 Å². The molecule has 0 saturated heterocycles. The molecule has 0 bridgehead atoms. The zero-order valence-corrected chi connectivity index (χ0v) is 18.1. The largest absolute Gasteiger partial charge is 0.497 e. The number of rotatable bonds is 6. The van der Waals surface area contributed by atoms with Gasteiger partial charge >= 0.3 is 12.2 Å². The van der Waals surface area contributed by atoms with Crippen molar-refractivity contribution in [2.75, 3.05) is 19.5 Å². The summed E-state index contributed by atoms with van der Waals surface area (Å²) in [6, 6.07) is 18.2. The van der Waals surface area contributed by atoms with Crippen LogP contribution in [0.2, 0.25) is 0 Å². The second kappa shape index (κ2) is 9.26. The number of methoxy groups -OCH3 is 2. The van der Waals surface area contributed by atoms with Crippen molar-refractivity contribution in [1.82, 2.24) is 14.8 Å². The van der Waals surface area contributed by atoms with E-state index < -0.39 is 17.6 Å². The Morgan fingerprint density at radius 2 is 1.68 bits per heavy atom. The lowest BCUT2D eigenvalue weighted by Gasteiger charge is -2.11. The minimum absolute atomic E-state index is 0.0953. The van der Waals surface area contributed by atoms with Crippen LogP contribution >= 0.6 is 0 Å². The number of nitrogens with one attached hydrogen (secondary N) is 1. The maximum atomic E-state index is 12.8. The zero-order valence-electron chi connectivity index (χ0n) is 18.1. The number of carbonyl (C=O) groups is 1. The van der Waals surface area contributed by atoms with Gasteiger partial charge < -0.3 is 14.8 Å². The number of alkyl halides is 3. The molecule has 4 rings (SSSR count). The smallest absolute Gasteiger partial charge is 0.416 e. The second-order valence-corrected chi connectivity index (χ2v) is 7.15. The molecule has 10 heteroatoms. The van der Waals surface area contributed by atoms with Crippen molar-refractivity contribution in [3.63, 3.8) is 0 Å². The van der Waals surface area contributed by atoms with E-state index in [1.807, 2.05) is 12.1 Å². The average Bonchev–Trinajstić information content (AvgIpc) is 3.28. The quantitative estimate of drug-likeness (QED) is 0.420. The Balaban J connectivity index is 1.63. The van der Waals surface area contributed by atoms with Gasteiger partial charge in [0.1, 0.15) is 5.75 Å². The fourth-order valence-electron chi connectivity index (χ4n) is 3.24. The van der Waals surface area contributed by atoms with Gasteiger partial charge in [-0.3, -0.25) is 4.79 Å². The second-order valence-electron chi connectivity index (χ2n) is 7.15. The van der Waals surface area contributed by atoms with Gasteiger partial charge in [-0.15, -0.1) is 5.10 Å². The predicted molar refractivity (Wildman–Crippen MR) is 119 cm³/mol. The van der Waals surface area contributed by atoms with Gasteiger partial charge in [-0.05, 0) is 54.6 Å². The number of aromatic nitrogens is 3. The number of carbonyl (C=O) groups excluding carboxylic acids is 1. The third-order valence-corrected chi connectivity index (χ3v) is 4.92. The van der Waals surface area contributed by atoms with Crippen LogP contribution in [-0.2, 0) is 6.18 Å². The highest BCUT2D eigenvalue weighted by Crippen LogP contribution is 2.30. The lowest BCUT2D eigenvalue weighted by molar-refractivity contribution is -0.137. The standard InChI is InChI=1S/C24H19F3N4O3/c1-33-20-8-3-5-16(13-20)21-29-23(34-2)30-31(21)19-7-4-6-18(14-19)28-22(32)15-9-11-17(12-10-15)24(25,26)27/h3-14H,1-2H3,(H,28,32). The first-order valence-corrected chi connectivity index (χ1v) is 10.0. The molecule has 1 N–H and O–H groups in total. The molecule has 34 heavy (non-hydrogen) atoms. The molecule has 174 valence electrons. The van der Waals surface area contributed by atoms with Gasteiger partial charge in [0.05, 0.1) is 25.5 Å². The van der Waals surface area contributed by atoms with Crippen molar-refractivity contribution in [2.24, 2.45) is 0 Å². The Bertz CT molecular complexity index is 1320. The molecule has 7 nitrogen and oxygen atoms in total. The van der Waals surface area contributed by atoms with E-state index in [0.717, 1.165) is 29.8 Å². The van der Waals surface area contributed by atoms with E-state index in [0.29, 0.717) is 22.9 Å². The molecule has 0 fully saturated rings. The summed E-state index contributed by atoms with van der Waals surface area (Å²) in [4.78, 5) is 17.0. The molecule has 0 aliphatic carbocycles. The third-order valence-electron chi connectivity index (χ3n) is 4.92. The van der Waals surface area contributed by atoms with Crippen molar-refractivity contribution in [3.8, 4) is 28.8 Å². The van der Waals surface area contributed by atoms with Gasteiger partial charge in [-0.25, -0.2) is 4.68 Å². The monoisotopic (exact) mass is 468 g/mol. The summed E-state index contributed by atoms with van der Waals surface area (Å²) in [5.74, 6) is 0.584. The van der Waals surface area contributed by atoms with Crippen molar-refractivity contribution in [2.45, 2.75) is 6.18 Å². The Labute approximate surface area is 192 Å². The third kappa shape index (κ3) is 4.85. The number of nitrogens with zero attached hydrogens (tertiary/aromatic N) is 3. The highest BCUT2D eigenvalue weighted by Gasteiger charge is 2.30. The lowest BCUT2D eigenvalue weighted by Crippen LogP contribution is -2.13. The molecule has 0 atom stereocenters. The van der Waals surface area contributed by atoms with Gasteiger partial charge in [-0.1, -0.05) is 18.2 Å². The maximum Gasteiger partial charge on any atom is 0.416 e. The zero-order chi connectivity index (χ0) is 24.3. The number of benzene rings is 3. The Kier molecular flexibility index (Phi) is 6.22. The summed E-state index contributed by atoms with van der Waals surface area (Å²) < 4.78 is 50.3. The molecule has 1 aromatic heterocycles. The number of halogens is 3. The molecule has 1 heterocycles. The van der Waals surface area contributed by atoms with Crippen LogP contribution in [0.3, 0.4) is 0 Å². The molecule has 0 aliphatic heterocycles. The minimum atomic E-state index is -4.47. The molecule has 0 spiro atoms. The number of amides is 1. The van der Waals surface area contributed by atoms with E-state index in [1.165, 1.54) is 7.11 Å².